The van der Waals surface area contributed by atoms with E-state index in [1.165, 1.54) is 7.05 Å². The Morgan fingerprint density at radius 3 is 2.33 bits per heavy atom. The molecule has 0 saturated carbocycles. The first kappa shape index (κ1) is 15.1. The van der Waals surface area contributed by atoms with Gasteiger partial charge in [0, 0.05) is 0 Å². The number of hydrogen-bond donors (Lipinski definition) is 2. The topological polar surface area (TPSA) is 88.4 Å². The van der Waals surface area contributed by atoms with Gasteiger partial charge >= 0.3 is 0 Å². The lowest BCUT2D eigenvalue weighted by atomic mass is 10.3. The first-order chi connectivity index (χ1) is 9.85. The van der Waals surface area contributed by atoms with E-state index in [-0.39, 0.29) is 0 Å². The number of benzene rings is 1. The molecule has 1 amide bonds. The zero-order valence-corrected chi connectivity index (χ0v) is 11.5. The molecule has 0 atom stereocenters. The largest absolute Gasteiger partial charge is 0.438 e. The molecular weight excluding hydrogens is 306 g/mol. The van der Waals surface area contributed by atoms with Crippen LogP contribution in [0.15, 0.2) is 39.8 Å². The normalized spacial score (nSPS) is 11.4. The summed E-state index contributed by atoms with van der Waals surface area (Å²) >= 11 is 0. The average molecular weight is 316 g/mol. The van der Waals surface area contributed by atoms with Crippen molar-refractivity contribution in [2.24, 2.45) is 0 Å². The third-order valence-electron chi connectivity index (χ3n) is 2.54. The van der Waals surface area contributed by atoms with Gasteiger partial charge < -0.3 is 9.73 Å². The van der Waals surface area contributed by atoms with E-state index in [1.54, 1.807) is 0 Å². The van der Waals surface area contributed by atoms with Gasteiger partial charge in [-0.05, 0) is 31.3 Å². The number of hydrogen-bond acceptors (Lipinski definition) is 4. The summed E-state index contributed by atoms with van der Waals surface area (Å²) < 4.78 is 56.5. The summed E-state index contributed by atoms with van der Waals surface area (Å²) in [5.41, 5.74) is -0.642. The van der Waals surface area contributed by atoms with Gasteiger partial charge in [-0.1, -0.05) is 6.07 Å². The number of nitrogens with one attached hydrogen (secondary N) is 2. The first-order valence-corrected chi connectivity index (χ1v) is 7.12. The van der Waals surface area contributed by atoms with Crippen LogP contribution in [0.25, 0.3) is 0 Å². The number of carbonyl (C=O) groups is 1. The van der Waals surface area contributed by atoms with Gasteiger partial charge in [-0.25, -0.2) is 21.9 Å². The van der Waals surface area contributed by atoms with E-state index >= 15 is 0 Å². The summed E-state index contributed by atoms with van der Waals surface area (Å²) in [6, 6.07) is 5.22. The number of sulfonamides is 1. The molecule has 0 fully saturated rings. The Kier molecular flexibility index (Phi) is 4.05. The van der Waals surface area contributed by atoms with Crippen molar-refractivity contribution in [2.45, 2.75) is 5.09 Å². The smallest absolute Gasteiger partial charge is 0.291 e. The number of amides is 1. The van der Waals surface area contributed by atoms with Gasteiger partial charge in [0.15, 0.2) is 5.76 Å². The van der Waals surface area contributed by atoms with E-state index in [1.807, 2.05) is 10.0 Å². The molecule has 0 aliphatic heterocycles. The molecular formula is C12H10F2N2O4S. The Hall–Kier alpha value is -2.26. The molecule has 2 N–H and O–H groups in total. The van der Waals surface area contributed by atoms with Crippen LogP contribution in [-0.4, -0.2) is 21.4 Å². The summed E-state index contributed by atoms with van der Waals surface area (Å²) in [4.78, 5) is 11.8. The van der Waals surface area contributed by atoms with Crippen molar-refractivity contribution in [3.05, 3.63) is 47.7 Å². The fourth-order valence-corrected chi connectivity index (χ4v) is 2.13. The van der Waals surface area contributed by atoms with Crippen molar-refractivity contribution in [3.63, 3.8) is 0 Å². The lowest BCUT2D eigenvalue weighted by molar-refractivity contribution is 0.0990. The Bertz CT molecular complexity index is 766. The van der Waals surface area contributed by atoms with Crippen LogP contribution in [0.3, 0.4) is 0 Å². The minimum absolute atomic E-state index is 0.397. The molecule has 0 aliphatic rings. The van der Waals surface area contributed by atoms with Gasteiger partial charge in [-0.2, -0.15) is 0 Å². The molecule has 1 heterocycles. The summed E-state index contributed by atoms with van der Waals surface area (Å²) in [5, 5.41) is 1.50. The van der Waals surface area contributed by atoms with E-state index in [4.69, 9.17) is 4.42 Å². The maximum Gasteiger partial charge on any atom is 0.291 e. The second-order valence-corrected chi connectivity index (χ2v) is 5.69. The van der Waals surface area contributed by atoms with Gasteiger partial charge in [0.25, 0.3) is 15.9 Å². The molecule has 21 heavy (non-hydrogen) atoms. The van der Waals surface area contributed by atoms with Crippen LogP contribution in [-0.2, 0) is 10.0 Å². The number of halogens is 2. The van der Waals surface area contributed by atoms with Crippen LogP contribution in [0.4, 0.5) is 14.5 Å². The molecule has 9 heteroatoms. The fourth-order valence-electron chi connectivity index (χ4n) is 1.48. The fraction of sp³-hybridized carbons (Fsp3) is 0.0833. The molecule has 0 bridgehead atoms. The van der Waals surface area contributed by atoms with Gasteiger partial charge in [0.1, 0.15) is 17.3 Å². The minimum atomic E-state index is -3.84. The van der Waals surface area contributed by atoms with E-state index in [0.717, 1.165) is 30.3 Å². The highest BCUT2D eigenvalue weighted by Crippen LogP contribution is 2.20. The first-order valence-electron chi connectivity index (χ1n) is 5.64. The lowest BCUT2D eigenvalue weighted by Crippen LogP contribution is -2.18. The second-order valence-electron chi connectivity index (χ2n) is 3.88. The third-order valence-corrected chi connectivity index (χ3v) is 3.83. The second kappa shape index (κ2) is 5.62. The van der Waals surface area contributed by atoms with Crippen LogP contribution < -0.4 is 10.0 Å². The average Bonchev–Trinajstić information content (AvgIpc) is 2.93. The molecule has 1 aromatic heterocycles. The van der Waals surface area contributed by atoms with Gasteiger partial charge in [-0.3, -0.25) is 4.79 Å². The molecule has 2 aromatic rings. The molecule has 0 saturated heterocycles. The molecule has 112 valence electrons. The predicted molar refractivity (Wildman–Crippen MR) is 69.3 cm³/mol. The van der Waals surface area contributed by atoms with Crippen LogP contribution in [0, 0.1) is 11.6 Å². The maximum absolute atomic E-state index is 13.4. The third kappa shape index (κ3) is 3.09. The quantitative estimate of drug-likeness (QED) is 0.899. The minimum Gasteiger partial charge on any atom is -0.438 e. The van der Waals surface area contributed by atoms with E-state index in [0.29, 0.717) is 0 Å². The zero-order valence-electron chi connectivity index (χ0n) is 10.7. The molecule has 6 nitrogen and oxygen atoms in total. The van der Waals surface area contributed by atoms with Crippen molar-refractivity contribution in [2.75, 3.05) is 12.4 Å². The molecule has 0 spiro atoms. The van der Waals surface area contributed by atoms with Crippen molar-refractivity contribution in [1.29, 1.82) is 0 Å². The highest BCUT2D eigenvalue weighted by atomic mass is 32.2. The Morgan fingerprint density at radius 1 is 1.14 bits per heavy atom. The van der Waals surface area contributed by atoms with Crippen LogP contribution in [0.5, 0.6) is 0 Å². The summed E-state index contributed by atoms with van der Waals surface area (Å²) in [5.74, 6) is -3.29. The van der Waals surface area contributed by atoms with E-state index in [9.17, 15) is 22.0 Å². The number of rotatable bonds is 4. The number of para-hydroxylation sites is 1. The highest BCUT2D eigenvalue weighted by Gasteiger charge is 2.21. The van der Waals surface area contributed by atoms with Crippen LogP contribution >= 0.6 is 0 Å². The number of furan rings is 1. The number of anilines is 1. The van der Waals surface area contributed by atoms with E-state index in [2.05, 4.69) is 0 Å². The molecule has 1 aromatic carbocycles. The van der Waals surface area contributed by atoms with Crippen molar-refractivity contribution >= 4 is 21.6 Å². The van der Waals surface area contributed by atoms with E-state index < -0.39 is 44.1 Å². The summed E-state index contributed by atoms with van der Waals surface area (Å²) in [6.07, 6.45) is 0. The number of carbonyl (C=O) groups excluding carboxylic acids is 1. The Labute approximate surface area is 118 Å². The lowest BCUT2D eigenvalue weighted by Gasteiger charge is -2.05. The molecule has 2 rings (SSSR count). The van der Waals surface area contributed by atoms with Crippen molar-refractivity contribution in [1.82, 2.24) is 4.72 Å². The Balaban J connectivity index is 2.26. The molecule has 0 aliphatic carbocycles. The van der Waals surface area contributed by atoms with Crippen LogP contribution in [0.1, 0.15) is 10.6 Å². The van der Waals surface area contributed by atoms with Crippen molar-refractivity contribution < 1.29 is 26.4 Å². The Morgan fingerprint density at radius 2 is 1.76 bits per heavy atom. The van der Waals surface area contributed by atoms with Gasteiger partial charge in [-0.15, -0.1) is 0 Å². The zero-order chi connectivity index (χ0) is 15.6. The van der Waals surface area contributed by atoms with Crippen molar-refractivity contribution in [3.8, 4) is 0 Å². The van der Waals surface area contributed by atoms with Crippen LogP contribution in [0.2, 0.25) is 0 Å². The summed E-state index contributed by atoms with van der Waals surface area (Å²) in [6.45, 7) is 0. The SMILES string of the molecule is CNS(=O)(=O)c1ccc(C(=O)Nc2c(F)cccc2F)o1. The predicted octanol–water partition coefficient (Wildman–Crippen LogP) is 1.72. The van der Waals surface area contributed by atoms with Gasteiger partial charge in [0.05, 0.1) is 0 Å². The molecule has 0 radical (unpaired) electrons. The molecule has 0 unspecified atom stereocenters. The maximum atomic E-state index is 13.4. The summed E-state index contributed by atoms with van der Waals surface area (Å²) in [7, 11) is -2.67. The van der Waals surface area contributed by atoms with Gasteiger partial charge in [0.2, 0.25) is 5.09 Å². The highest BCUT2D eigenvalue weighted by molar-refractivity contribution is 7.89. The monoisotopic (exact) mass is 316 g/mol. The standard InChI is InChI=1S/C12H10F2N2O4S/c1-15-21(18,19)10-6-5-9(20-10)12(17)16-11-7(13)3-2-4-8(11)14/h2-6,15H,1H3,(H,16,17).